The molecule has 9 heteroatoms. The minimum absolute atomic E-state index is 0.240. The molecule has 1 aromatic carbocycles. The Balaban J connectivity index is 1.78. The monoisotopic (exact) mass is 417 g/mol. The highest BCUT2D eigenvalue weighted by Crippen LogP contribution is 2.35. The first-order chi connectivity index (χ1) is 13.5. The average molecular weight is 418 g/mol. The third-order valence-corrected chi connectivity index (χ3v) is 7.52. The summed E-state index contributed by atoms with van der Waals surface area (Å²) >= 11 is 1.52. The first-order valence-electron chi connectivity index (χ1n) is 8.87. The number of nitrogens with zero attached hydrogens (tertiary/aromatic N) is 3. The normalized spacial score (nSPS) is 12.3. The Kier molecular flexibility index (Phi) is 4.82. The molecule has 0 N–H and O–H groups in total. The first kappa shape index (κ1) is 18.9. The zero-order valence-electron chi connectivity index (χ0n) is 15.7. The van der Waals surface area contributed by atoms with E-state index in [1.807, 2.05) is 38.3 Å². The van der Waals surface area contributed by atoms with Crippen molar-refractivity contribution in [3.63, 3.8) is 0 Å². The molecule has 0 aliphatic rings. The van der Waals surface area contributed by atoms with Gasteiger partial charge < -0.3 is 8.94 Å². The number of hydrogen-bond donors (Lipinski definition) is 0. The Morgan fingerprint density at radius 2 is 1.96 bits per heavy atom. The van der Waals surface area contributed by atoms with E-state index in [9.17, 15) is 8.42 Å². The minimum atomic E-state index is -3.55. The number of benzene rings is 1. The predicted octanol–water partition coefficient (Wildman–Crippen LogP) is 4.55. The van der Waals surface area contributed by atoms with Crippen molar-refractivity contribution in [2.24, 2.45) is 0 Å². The minimum Gasteiger partial charge on any atom is -0.451 e. The number of furan rings is 1. The van der Waals surface area contributed by atoms with Crippen molar-refractivity contribution in [2.75, 3.05) is 13.1 Å². The Bertz CT molecular complexity index is 1220. The molecule has 3 heterocycles. The van der Waals surface area contributed by atoms with Crippen LogP contribution in [0.5, 0.6) is 0 Å². The van der Waals surface area contributed by atoms with Crippen molar-refractivity contribution in [1.82, 2.24) is 14.4 Å². The molecule has 146 valence electrons. The molecule has 0 saturated carbocycles. The molecule has 0 aliphatic heterocycles. The van der Waals surface area contributed by atoms with E-state index in [0.29, 0.717) is 35.6 Å². The van der Waals surface area contributed by atoms with Gasteiger partial charge >= 0.3 is 0 Å². The molecule has 0 aliphatic carbocycles. The lowest BCUT2D eigenvalue weighted by molar-refractivity contribution is 0.419. The highest BCUT2D eigenvalue weighted by Gasteiger charge is 2.24. The second kappa shape index (κ2) is 7.16. The van der Waals surface area contributed by atoms with Gasteiger partial charge in [0.1, 0.15) is 5.58 Å². The standard InChI is InChI=1S/C19H19N3O4S2/c1-4-22(5-2)28(23,24)13-8-9-15-14(11-13)12(3)17(25-15)19-20-18(21-26-19)16-7-6-10-27-16/h6-11H,4-5H2,1-3H3. The zero-order chi connectivity index (χ0) is 19.9. The van der Waals surface area contributed by atoms with Gasteiger partial charge in [-0.3, -0.25) is 0 Å². The summed E-state index contributed by atoms with van der Waals surface area (Å²) in [4.78, 5) is 5.56. The molecule has 4 rings (SSSR count). The topological polar surface area (TPSA) is 89.4 Å². The van der Waals surface area contributed by atoms with E-state index < -0.39 is 10.0 Å². The summed E-state index contributed by atoms with van der Waals surface area (Å²) in [5.74, 6) is 1.21. The average Bonchev–Trinajstić information content (AvgIpc) is 3.42. The molecule has 28 heavy (non-hydrogen) atoms. The van der Waals surface area contributed by atoms with Gasteiger partial charge in [-0.05, 0) is 36.6 Å². The Hall–Kier alpha value is -2.49. The molecule has 0 unspecified atom stereocenters. The first-order valence-corrected chi connectivity index (χ1v) is 11.2. The fourth-order valence-electron chi connectivity index (χ4n) is 3.10. The van der Waals surface area contributed by atoms with E-state index in [4.69, 9.17) is 8.94 Å². The summed E-state index contributed by atoms with van der Waals surface area (Å²) in [5.41, 5.74) is 1.33. The number of fused-ring (bicyclic) bond motifs is 1. The summed E-state index contributed by atoms with van der Waals surface area (Å²) in [6.07, 6.45) is 0. The molecule has 0 saturated heterocycles. The van der Waals surface area contributed by atoms with Crippen LogP contribution < -0.4 is 0 Å². The van der Waals surface area contributed by atoms with E-state index in [-0.39, 0.29) is 10.8 Å². The molecule has 3 aromatic heterocycles. The molecule has 7 nitrogen and oxygen atoms in total. The van der Waals surface area contributed by atoms with Crippen LogP contribution in [-0.4, -0.2) is 36.0 Å². The molecular weight excluding hydrogens is 398 g/mol. The van der Waals surface area contributed by atoms with E-state index in [2.05, 4.69) is 10.1 Å². The van der Waals surface area contributed by atoms with Gasteiger partial charge in [-0.2, -0.15) is 9.29 Å². The van der Waals surface area contributed by atoms with E-state index >= 15 is 0 Å². The summed E-state index contributed by atoms with van der Waals surface area (Å²) in [5, 5.41) is 6.66. The van der Waals surface area contributed by atoms with Crippen LogP contribution in [-0.2, 0) is 10.0 Å². The van der Waals surface area contributed by atoms with Crippen LogP contribution in [0.4, 0.5) is 0 Å². The van der Waals surface area contributed by atoms with Gasteiger partial charge in [-0.25, -0.2) is 8.42 Å². The molecule has 0 amide bonds. The van der Waals surface area contributed by atoms with Crippen molar-refractivity contribution < 1.29 is 17.4 Å². The van der Waals surface area contributed by atoms with Gasteiger partial charge in [0, 0.05) is 24.0 Å². The molecule has 0 spiro atoms. The maximum Gasteiger partial charge on any atom is 0.294 e. The molecule has 0 bridgehead atoms. The van der Waals surface area contributed by atoms with Crippen molar-refractivity contribution in [2.45, 2.75) is 25.7 Å². The van der Waals surface area contributed by atoms with Crippen LogP contribution in [0.3, 0.4) is 0 Å². The third-order valence-electron chi connectivity index (χ3n) is 4.61. The van der Waals surface area contributed by atoms with Crippen LogP contribution in [0.25, 0.3) is 33.3 Å². The predicted molar refractivity (Wildman–Crippen MR) is 108 cm³/mol. The highest BCUT2D eigenvalue weighted by molar-refractivity contribution is 7.89. The second-order valence-corrected chi connectivity index (χ2v) is 9.09. The van der Waals surface area contributed by atoms with Crippen LogP contribution in [0.1, 0.15) is 19.4 Å². The van der Waals surface area contributed by atoms with Crippen molar-refractivity contribution >= 4 is 32.3 Å². The van der Waals surface area contributed by atoms with E-state index in [0.717, 1.165) is 10.4 Å². The highest BCUT2D eigenvalue weighted by atomic mass is 32.2. The van der Waals surface area contributed by atoms with Crippen molar-refractivity contribution in [1.29, 1.82) is 0 Å². The van der Waals surface area contributed by atoms with Crippen LogP contribution >= 0.6 is 11.3 Å². The SMILES string of the molecule is CCN(CC)S(=O)(=O)c1ccc2oc(-c3nc(-c4cccs4)no3)c(C)c2c1. The van der Waals surface area contributed by atoms with Crippen LogP contribution in [0.15, 0.2) is 49.5 Å². The van der Waals surface area contributed by atoms with Crippen LogP contribution in [0.2, 0.25) is 0 Å². The summed E-state index contributed by atoms with van der Waals surface area (Å²) in [6.45, 7) is 6.33. The largest absolute Gasteiger partial charge is 0.451 e. The van der Waals surface area contributed by atoms with Gasteiger partial charge in [0.2, 0.25) is 15.8 Å². The van der Waals surface area contributed by atoms with Crippen molar-refractivity contribution in [3.8, 4) is 22.4 Å². The molecule has 0 atom stereocenters. The van der Waals surface area contributed by atoms with Gasteiger partial charge in [0.05, 0.1) is 9.77 Å². The molecular formula is C19H19N3O4S2. The fourth-order valence-corrected chi connectivity index (χ4v) is 5.23. The lowest BCUT2D eigenvalue weighted by atomic mass is 10.1. The quantitative estimate of drug-likeness (QED) is 0.457. The third kappa shape index (κ3) is 3.05. The fraction of sp³-hybridized carbons (Fsp3) is 0.263. The maximum atomic E-state index is 12.8. The van der Waals surface area contributed by atoms with Gasteiger partial charge in [0.15, 0.2) is 5.76 Å². The zero-order valence-corrected chi connectivity index (χ0v) is 17.3. The number of aromatic nitrogens is 2. The lowest BCUT2D eigenvalue weighted by Gasteiger charge is -2.18. The summed E-state index contributed by atoms with van der Waals surface area (Å²) in [7, 11) is -3.55. The number of hydrogen-bond acceptors (Lipinski definition) is 7. The molecule has 0 radical (unpaired) electrons. The lowest BCUT2D eigenvalue weighted by Crippen LogP contribution is -2.30. The summed E-state index contributed by atoms with van der Waals surface area (Å²) in [6, 6.07) is 8.70. The number of thiophene rings is 1. The number of rotatable bonds is 6. The van der Waals surface area contributed by atoms with Gasteiger partial charge in [0.25, 0.3) is 5.89 Å². The molecule has 0 fully saturated rings. The van der Waals surface area contributed by atoms with Crippen LogP contribution in [0, 0.1) is 6.92 Å². The number of sulfonamides is 1. The Labute approximate surface area is 166 Å². The van der Waals surface area contributed by atoms with E-state index in [1.165, 1.54) is 15.6 Å². The van der Waals surface area contributed by atoms with Gasteiger partial charge in [-0.1, -0.05) is 25.1 Å². The van der Waals surface area contributed by atoms with Gasteiger partial charge in [-0.15, -0.1) is 11.3 Å². The Morgan fingerprint density at radius 1 is 1.18 bits per heavy atom. The van der Waals surface area contributed by atoms with Crippen molar-refractivity contribution in [3.05, 3.63) is 41.3 Å². The van der Waals surface area contributed by atoms with E-state index in [1.54, 1.807) is 18.2 Å². The smallest absolute Gasteiger partial charge is 0.294 e. The Morgan fingerprint density at radius 3 is 2.64 bits per heavy atom. The summed E-state index contributed by atoms with van der Waals surface area (Å²) < 4.78 is 38.3. The second-order valence-electron chi connectivity index (χ2n) is 6.20. The maximum absolute atomic E-state index is 12.8. The molecule has 4 aromatic rings. The number of aryl methyl sites for hydroxylation is 1.